The van der Waals surface area contributed by atoms with E-state index < -0.39 is 0 Å². The molecule has 1 amide bonds. The number of nitrogens with one attached hydrogen (secondary N) is 1. The molecule has 0 aliphatic carbocycles. The Morgan fingerprint density at radius 2 is 2.04 bits per heavy atom. The molecule has 1 aliphatic heterocycles. The molecule has 2 aromatic carbocycles. The van der Waals surface area contributed by atoms with Gasteiger partial charge in [-0.1, -0.05) is 30.3 Å². The first-order valence-electron chi connectivity index (χ1n) is 8.94. The average Bonchev–Trinajstić information content (AvgIpc) is 3.22. The van der Waals surface area contributed by atoms with E-state index in [9.17, 15) is 4.79 Å². The largest absolute Gasteiger partial charge is 0.493 e. The molecule has 138 valence electrons. The summed E-state index contributed by atoms with van der Waals surface area (Å²) >= 11 is 0. The Morgan fingerprint density at radius 3 is 2.73 bits per heavy atom. The van der Waals surface area contributed by atoms with E-state index in [1.54, 1.807) is 25.3 Å². The van der Waals surface area contributed by atoms with E-state index in [1.165, 1.54) is 0 Å². The Kier molecular flexibility index (Phi) is 6.12. The molecule has 2 aromatic rings. The first kappa shape index (κ1) is 18.3. The number of carbonyl (C=O) groups excluding carboxylic acids is 1. The summed E-state index contributed by atoms with van der Waals surface area (Å²) in [4.78, 5) is 12.5. The van der Waals surface area contributed by atoms with E-state index in [-0.39, 0.29) is 18.1 Å². The van der Waals surface area contributed by atoms with E-state index in [4.69, 9.17) is 14.2 Å². The number of rotatable bonds is 7. The van der Waals surface area contributed by atoms with Gasteiger partial charge < -0.3 is 19.5 Å². The Morgan fingerprint density at radius 1 is 1.23 bits per heavy atom. The molecule has 0 spiro atoms. The summed E-state index contributed by atoms with van der Waals surface area (Å²) in [5.74, 6) is 1.01. The van der Waals surface area contributed by atoms with Gasteiger partial charge in [0, 0.05) is 12.2 Å². The van der Waals surface area contributed by atoms with Gasteiger partial charge in [-0.2, -0.15) is 0 Å². The van der Waals surface area contributed by atoms with Gasteiger partial charge in [0.2, 0.25) is 0 Å². The first-order valence-corrected chi connectivity index (χ1v) is 8.94. The van der Waals surface area contributed by atoms with Crippen molar-refractivity contribution in [2.24, 2.45) is 0 Å². The molecule has 0 saturated carbocycles. The monoisotopic (exact) mass is 355 g/mol. The van der Waals surface area contributed by atoms with Crippen molar-refractivity contribution < 1.29 is 19.0 Å². The van der Waals surface area contributed by atoms with Gasteiger partial charge in [-0.15, -0.1) is 0 Å². The highest BCUT2D eigenvalue weighted by Gasteiger charge is 2.24. The maximum absolute atomic E-state index is 12.5. The van der Waals surface area contributed by atoms with Gasteiger partial charge >= 0.3 is 0 Å². The maximum Gasteiger partial charge on any atom is 0.251 e. The Hall–Kier alpha value is -2.53. The van der Waals surface area contributed by atoms with Crippen molar-refractivity contribution in [3.63, 3.8) is 0 Å². The van der Waals surface area contributed by atoms with Gasteiger partial charge in [0.15, 0.2) is 11.5 Å². The molecule has 1 aliphatic rings. The van der Waals surface area contributed by atoms with Crippen LogP contribution in [0, 0.1) is 0 Å². The van der Waals surface area contributed by atoms with Crippen molar-refractivity contribution in [1.29, 1.82) is 0 Å². The van der Waals surface area contributed by atoms with Crippen LogP contribution in [-0.2, 0) is 11.3 Å². The molecule has 26 heavy (non-hydrogen) atoms. The number of ether oxygens (including phenoxy) is 3. The van der Waals surface area contributed by atoms with Crippen molar-refractivity contribution in [3.05, 3.63) is 59.7 Å². The summed E-state index contributed by atoms with van der Waals surface area (Å²) in [6, 6.07) is 15.1. The van der Waals surface area contributed by atoms with Crippen molar-refractivity contribution in [2.45, 2.75) is 38.5 Å². The van der Waals surface area contributed by atoms with Crippen LogP contribution in [0.25, 0.3) is 0 Å². The molecule has 0 radical (unpaired) electrons. The number of hydrogen-bond donors (Lipinski definition) is 1. The molecule has 1 saturated heterocycles. The van der Waals surface area contributed by atoms with Crippen LogP contribution in [0.1, 0.15) is 35.7 Å². The van der Waals surface area contributed by atoms with Crippen molar-refractivity contribution in [1.82, 2.24) is 5.32 Å². The van der Waals surface area contributed by atoms with Crippen LogP contribution >= 0.6 is 0 Å². The van der Waals surface area contributed by atoms with Gasteiger partial charge in [-0.05, 0) is 43.5 Å². The molecular formula is C21H25NO4. The third-order valence-electron chi connectivity index (χ3n) is 4.54. The SMILES string of the molecule is COc1cc(C(=O)NC(C)C2CCCO2)ccc1OCc1ccccc1. The van der Waals surface area contributed by atoms with Gasteiger partial charge in [0.05, 0.1) is 19.3 Å². The Bertz CT molecular complexity index is 726. The molecule has 2 unspecified atom stereocenters. The molecule has 3 rings (SSSR count). The number of methoxy groups -OCH3 is 1. The lowest BCUT2D eigenvalue weighted by Gasteiger charge is -2.20. The van der Waals surface area contributed by atoms with Crippen LogP contribution in [-0.4, -0.2) is 31.8 Å². The summed E-state index contributed by atoms with van der Waals surface area (Å²) in [5.41, 5.74) is 1.61. The van der Waals surface area contributed by atoms with Crippen molar-refractivity contribution >= 4 is 5.91 Å². The van der Waals surface area contributed by atoms with E-state index in [0.717, 1.165) is 25.0 Å². The third kappa shape index (κ3) is 4.55. The second kappa shape index (κ2) is 8.72. The van der Waals surface area contributed by atoms with Crippen LogP contribution in [0.2, 0.25) is 0 Å². The number of hydrogen-bond acceptors (Lipinski definition) is 4. The van der Waals surface area contributed by atoms with Crippen LogP contribution in [0.4, 0.5) is 0 Å². The third-order valence-corrected chi connectivity index (χ3v) is 4.54. The minimum Gasteiger partial charge on any atom is -0.493 e. The summed E-state index contributed by atoms with van der Waals surface area (Å²) in [6.45, 7) is 3.19. The highest BCUT2D eigenvalue weighted by atomic mass is 16.5. The second-order valence-electron chi connectivity index (χ2n) is 6.45. The Labute approximate surface area is 154 Å². The first-order chi connectivity index (χ1) is 12.7. The molecule has 1 fully saturated rings. The lowest BCUT2D eigenvalue weighted by Crippen LogP contribution is -2.40. The molecule has 5 heteroatoms. The zero-order valence-corrected chi connectivity index (χ0v) is 15.2. The minimum absolute atomic E-state index is 0.0231. The summed E-state index contributed by atoms with van der Waals surface area (Å²) in [6.07, 6.45) is 2.12. The number of amides is 1. The fourth-order valence-corrected chi connectivity index (χ4v) is 3.04. The number of carbonyl (C=O) groups is 1. The number of benzene rings is 2. The summed E-state index contributed by atoms with van der Waals surface area (Å²) in [7, 11) is 1.57. The maximum atomic E-state index is 12.5. The lowest BCUT2D eigenvalue weighted by molar-refractivity contribution is 0.0712. The fraction of sp³-hybridized carbons (Fsp3) is 0.381. The molecule has 1 N–H and O–H groups in total. The lowest BCUT2D eigenvalue weighted by atomic mass is 10.1. The predicted molar refractivity (Wildman–Crippen MR) is 99.7 cm³/mol. The highest BCUT2D eigenvalue weighted by molar-refractivity contribution is 5.95. The molecule has 5 nitrogen and oxygen atoms in total. The predicted octanol–water partition coefficient (Wildman–Crippen LogP) is 3.57. The van der Waals surface area contributed by atoms with E-state index in [0.29, 0.717) is 23.7 Å². The van der Waals surface area contributed by atoms with Crippen LogP contribution < -0.4 is 14.8 Å². The average molecular weight is 355 g/mol. The zero-order valence-electron chi connectivity index (χ0n) is 15.2. The summed E-state index contributed by atoms with van der Waals surface area (Å²) < 4.78 is 16.9. The van der Waals surface area contributed by atoms with Gasteiger partial charge in [-0.25, -0.2) is 0 Å². The van der Waals surface area contributed by atoms with E-state index in [1.807, 2.05) is 37.3 Å². The van der Waals surface area contributed by atoms with Gasteiger partial charge in [0.1, 0.15) is 6.61 Å². The molecule has 2 atom stereocenters. The molecular weight excluding hydrogens is 330 g/mol. The molecule has 1 heterocycles. The standard InChI is InChI=1S/C21H25NO4/c1-15(18-9-6-12-25-18)22-21(23)17-10-11-19(20(13-17)24-2)26-14-16-7-4-3-5-8-16/h3-5,7-8,10-11,13,15,18H,6,9,12,14H2,1-2H3,(H,22,23). The molecule has 0 aromatic heterocycles. The van der Waals surface area contributed by atoms with Gasteiger partial charge in [-0.3, -0.25) is 4.79 Å². The molecule has 0 bridgehead atoms. The van der Waals surface area contributed by atoms with E-state index in [2.05, 4.69) is 5.32 Å². The quantitative estimate of drug-likeness (QED) is 0.825. The van der Waals surface area contributed by atoms with Crippen LogP contribution in [0.5, 0.6) is 11.5 Å². The van der Waals surface area contributed by atoms with Gasteiger partial charge in [0.25, 0.3) is 5.91 Å². The second-order valence-corrected chi connectivity index (χ2v) is 6.45. The van der Waals surface area contributed by atoms with Crippen molar-refractivity contribution in [3.8, 4) is 11.5 Å². The Balaban J connectivity index is 1.64. The fourth-order valence-electron chi connectivity index (χ4n) is 3.04. The van der Waals surface area contributed by atoms with Crippen LogP contribution in [0.3, 0.4) is 0 Å². The summed E-state index contributed by atoms with van der Waals surface area (Å²) in [5, 5.41) is 3.01. The highest BCUT2D eigenvalue weighted by Crippen LogP contribution is 2.29. The minimum atomic E-state index is -0.138. The topological polar surface area (TPSA) is 56.8 Å². The normalized spacial score (nSPS) is 17.5. The van der Waals surface area contributed by atoms with E-state index >= 15 is 0 Å². The smallest absolute Gasteiger partial charge is 0.251 e. The van der Waals surface area contributed by atoms with Crippen molar-refractivity contribution in [2.75, 3.05) is 13.7 Å². The zero-order chi connectivity index (χ0) is 18.4. The van der Waals surface area contributed by atoms with Crippen LogP contribution in [0.15, 0.2) is 48.5 Å².